The lowest BCUT2D eigenvalue weighted by Gasteiger charge is -2.18. The van der Waals surface area contributed by atoms with Crippen molar-refractivity contribution >= 4 is 20.8 Å². The Morgan fingerprint density at radius 1 is 0.966 bits per heavy atom. The summed E-state index contributed by atoms with van der Waals surface area (Å²) in [5, 5.41) is 11.2. The van der Waals surface area contributed by atoms with E-state index in [1.165, 1.54) is 10.4 Å². The van der Waals surface area contributed by atoms with Crippen LogP contribution in [0, 0.1) is 18.8 Å². The second-order valence-corrected chi connectivity index (χ2v) is 8.57. The first-order valence-corrected chi connectivity index (χ1v) is 10.7. The lowest BCUT2D eigenvalue weighted by atomic mass is 10.1. The molecule has 3 rings (SSSR count). The maximum atomic E-state index is 13.0. The highest BCUT2D eigenvalue weighted by atomic mass is 32.2. The van der Waals surface area contributed by atoms with E-state index in [4.69, 9.17) is 5.11 Å². The summed E-state index contributed by atoms with van der Waals surface area (Å²) >= 11 is 0. The first kappa shape index (κ1) is 20.8. The molecule has 0 heterocycles. The van der Waals surface area contributed by atoms with Crippen LogP contribution in [0.1, 0.15) is 11.1 Å². The predicted molar refractivity (Wildman–Crippen MR) is 117 cm³/mol. The molecule has 0 aromatic heterocycles. The van der Waals surface area contributed by atoms with Gasteiger partial charge in [-0.05, 0) is 42.0 Å². The summed E-state index contributed by atoms with van der Waals surface area (Å²) in [5.74, 6) is 6.04. The quantitative estimate of drug-likeness (QED) is 0.502. The molecule has 0 atom stereocenters. The minimum absolute atomic E-state index is 0.0544. The molecule has 0 fully saturated rings. The van der Waals surface area contributed by atoms with E-state index in [0.29, 0.717) is 0 Å². The van der Waals surface area contributed by atoms with E-state index in [0.717, 1.165) is 21.9 Å². The average Bonchev–Trinajstić information content (AvgIpc) is 2.73. The number of aryl methyl sites for hydroxylation is 1. The highest BCUT2D eigenvalue weighted by Gasteiger charge is 2.22. The van der Waals surface area contributed by atoms with E-state index >= 15 is 0 Å². The molecule has 0 spiro atoms. The molecular formula is C24H23NO3S. The second-order valence-electron chi connectivity index (χ2n) is 6.63. The van der Waals surface area contributed by atoms with Gasteiger partial charge in [0.25, 0.3) is 0 Å². The smallest absolute Gasteiger partial charge is 0.244 e. The van der Waals surface area contributed by atoms with Crippen molar-refractivity contribution < 1.29 is 13.5 Å². The van der Waals surface area contributed by atoms with Gasteiger partial charge in [0.05, 0.1) is 18.0 Å². The number of aliphatic hydroxyl groups excluding tert-OH is 1. The summed E-state index contributed by atoms with van der Waals surface area (Å²) in [6, 6.07) is 20.7. The van der Waals surface area contributed by atoms with Crippen molar-refractivity contribution in [2.24, 2.45) is 0 Å². The van der Waals surface area contributed by atoms with E-state index in [-0.39, 0.29) is 24.6 Å². The summed E-state index contributed by atoms with van der Waals surface area (Å²) < 4.78 is 27.3. The third-order valence-corrected chi connectivity index (χ3v) is 6.30. The Balaban J connectivity index is 1.84. The molecule has 0 bridgehead atoms. The zero-order valence-electron chi connectivity index (χ0n) is 16.2. The van der Waals surface area contributed by atoms with Crippen LogP contribution in [-0.2, 0) is 10.0 Å². The van der Waals surface area contributed by atoms with Gasteiger partial charge >= 0.3 is 0 Å². The molecule has 0 saturated heterocycles. The maximum Gasteiger partial charge on any atom is 0.244 e. The molecule has 0 saturated carbocycles. The summed E-state index contributed by atoms with van der Waals surface area (Å²) in [4.78, 5) is 0.230. The zero-order chi connectivity index (χ0) is 20.7. The fraction of sp³-hybridized carbons (Fsp3) is 0.167. The third kappa shape index (κ3) is 5.33. The molecule has 3 aromatic rings. The number of hydrogen-bond acceptors (Lipinski definition) is 3. The molecule has 0 aliphatic heterocycles. The Kier molecular flexibility index (Phi) is 6.84. The fourth-order valence-electron chi connectivity index (χ4n) is 2.87. The number of sulfonamides is 1. The van der Waals surface area contributed by atoms with Gasteiger partial charge in [-0.1, -0.05) is 72.0 Å². The Morgan fingerprint density at radius 2 is 1.69 bits per heavy atom. The minimum Gasteiger partial charge on any atom is -0.392 e. The first-order chi connectivity index (χ1) is 14.0. The second kappa shape index (κ2) is 9.53. The van der Waals surface area contributed by atoms with Gasteiger partial charge in [0.2, 0.25) is 10.0 Å². The minimum atomic E-state index is -3.69. The normalized spacial score (nSPS) is 11.7. The van der Waals surface area contributed by atoms with Gasteiger partial charge in [-0.3, -0.25) is 0 Å². The van der Waals surface area contributed by atoms with Gasteiger partial charge < -0.3 is 5.11 Å². The molecule has 0 aliphatic carbocycles. The van der Waals surface area contributed by atoms with Gasteiger partial charge in [-0.25, -0.2) is 8.42 Å². The van der Waals surface area contributed by atoms with Crippen LogP contribution in [0.15, 0.2) is 83.8 Å². The van der Waals surface area contributed by atoms with Crippen molar-refractivity contribution in [2.45, 2.75) is 11.8 Å². The molecule has 0 unspecified atom stereocenters. The van der Waals surface area contributed by atoms with Crippen molar-refractivity contribution in [3.63, 3.8) is 0 Å². The van der Waals surface area contributed by atoms with Crippen molar-refractivity contribution in [3.8, 4) is 11.8 Å². The molecule has 0 amide bonds. The lowest BCUT2D eigenvalue weighted by molar-refractivity contribution is 0.342. The molecule has 148 valence electrons. The SMILES string of the molecule is Cc1ccc(S(=O)(=O)N(CC#Cc2ccc3ccccc3c2)C/C=C\CO)cc1. The molecule has 0 aliphatic rings. The number of nitrogens with zero attached hydrogens (tertiary/aromatic N) is 1. The van der Waals surface area contributed by atoms with Crippen LogP contribution in [0.5, 0.6) is 0 Å². The van der Waals surface area contributed by atoms with Crippen molar-refractivity contribution in [3.05, 3.63) is 90.0 Å². The Bertz CT molecular complexity index is 1170. The highest BCUT2D eigenvalue weighted by molar-refractivity contribution is 7.89. The predicted octanol–water partition coefficient (Wildman–Crippen LogP) is 3.74. The van der Waals surface area contributed by atoms with Gasteiger partial charge in [0.15, 0.2) is 0 Å². The largest absolute Gasteiger partial charge is 0.392 e. The van der Waals surface area contributed by atoms with Gasteiger partial charge in [0, 0.05) is 12.1 Å². The Labute approximate surface area is 172 Å². The molecule has 5 heteroatoms. The molecule has 29 heavy (non-hydrogen) atoms. The fourth-order valence-corrected chi connectivity index (χ4v) is 4.17. The van der Waals surface area contributed by atoms with Crippen LogP contribution in [-0.4, -0.2) is 37.5 Å². The van der Waals surface area contributed by atoms with Crippen LogP contribution in [0.25, 0.3) is 10.8 Å². The Morgan fingerprint density at radius 3 is 2.41 bits per heavy atom. The highest BCUT2D eigenvalue weighted by Crippen LogP contribution is 2.17. The molecule has 0 radical (unpaired) electrons. The van der Waals surface area contributed by atoms with E-state index in [1.54, 1.807) is 30.3 Å². The zero-order valence-corrected chi connectivity index (χ0v) is 17.1. The van der Waals surface area contributed by atoms with Gasteiger partial charge in [-0.2, -0.15) is 4.31 Å². The van der Waals surface area contributed by atoms with Crippen molar-refractivity contribution in [1.82, 2.24) is 4.31 Å². The van der Waals surface area contributed by atoms with Gasteiger partial charge in [-0.15, -0.1) is 0 Å². The van der Waals surface area contributed by atoms with E-state index in [2.05, 4.69) is 11.8 Å². The number of rotatable bonds is 6. The van der Waals surface area contributed by atoms with E-state index in [1.807, 2.05) is 49.4 Å². The monoisotopic (exact) mass is 405 g/mol. The van der Waals surface area contributed by atoms with Gasteiger partial charge in [0.1, 0.15) is 0 Å². The molecular weight excluding hydrogens is 382 g/mol. The average molecular weight is 406 g/mol. The van der Waals surface area contributed by atoms with Crippen LogP contribution >= 0.6 is 0 Å². The summed E-state index contributed by atoms with van der Waals surface area (Å²) in [7, 11) is -3.69. The first-order valence-electron chi connectivity index (χ1n) is 9.31. The van der Waals surface area contributed by atoms with Crippen LogP contribution in [0.4, 0.5) is 0 Å². The van der Waals surface area contributed by atoms with Crippen LogP contribution in [0.3, 0.4) is 0 Å². The summed E-state index contributed by atoms with van der Waals surface area (Å²) in [6.45, 7) is 1.97. The number of fused-ring (bicyclic) bond motifs is 1. The lowest BCUT2D eigenvalue weighted by Crippen LogP contribution is -2.31. The number of benzene rings is 3. The topological polar surface area (TPSA) is 57.6 Å². The van der Waals surface area contributed by atoms with Crippen molar-refractivity contribution in [1.29, 1.82) is 0 Å². The van der Waals surface area contributed by atoms with Crippen LogP contribution < -0.4 is 0 Å². The van der Waals surface area contributed by atoms with Crippen LogP contribution in [0.2, 0.25) is 0 Å². The molecule has 4 nitrogen and oxygen atoms in total. The number of hydrogen-bond donors (Lipinski definition) is 1. The van der Waals surface area contributed by atoms with Crippen molar-refractivity contribution in [2.75, 3.05) is 19.7 Å². The molecule has 1 N–H and O–H groups in total. The summed E-state index contributed by atoms with van der Waals surface area (Å²) in [5.41, 5.74) is 1.83. The number of aliphatic hydroxyl groups is 1. The summed E-state index contributed by atoms with van der Waals surface area (Å²) in [6.07, 6.45) is 3.15. The third-order valence-electron chi connectivity index (χ3n) is 4.48. The van der Waals surface area contributed by atoms with E-state index < -0.39 is 10.0 Å². The maximum absolute atomic E-state index is 13.0. The molecule has 3 aromatic carbocycles. The Hall–Kier alpha value is -2.91. The van der Waals surface area contributed by atoms with E-state index in [9.17, 15) is 8.42 Å². The standard InChI is InChI=1S/C24H23NO3S/c1-20-10-14-24(15-11-20)29(27,28)25(16-4-5-18-26)17-6-7-21-12-13-22-8-2-3-9-23(22)19-21/h2-5,8-15,19,26H,16-18H2,1H3/b5-4-.